The van der Waals surface area contributed by atoms with Gasteiger partial charge in [-0.1, -0.05) is 76.6 Å². The van der Waals surface area contributed by atoms with Crippen LogP contribution >= 0.6 is 15.9 Å². The highest BCUT2D eigenvalue weighted by atomic mass is 79.9. The summed E-state index contributed by atoms with van der Waals surface area (Å²) in [5.74, 6) is 2.31. The number of carbonyl (C=O) groups excluding carboxylic acids is 1. The third-order valence-electron chi connectivity index (χ3n) is 7.10. The van der Waals surface area contributed by atoms with E-state index in [2.05, 4.69) is 15.9 Å². The van der Waals surface area contributed by atoms with E-state index >= 15 is 0 Å². The number of carbonyl (C=O) groups is 1. The molecule has 1 amide bonds. The molecular formula is C35H34BrNO6. The molecule has 0 unspecified atom stereocenters. The predicted octanol–water partition coefficient (Wildman–Crippen LogP) is 8.14. The standard InChI is InChI=1S/C35H34BrNO6/c1-4-41-35(38)37-18-17-28-29(21-32(39-2)34(33(28)40-3)43-23-25-13-9-6-10-14-25)31(37)20-26-19-27(15-16-30(26)36)42-22-24-11-7-5-8-12-24/h5-16,19-21H,4,17-18,22-23H2,1-3H3/b31-20-. The van der Waals surface area contributed by atoms with Gasteiger partial charge < -0.3 is 23.7 Å². The zero-order valence-electron chi connectivity index (χ0n) is 24.5. The molecule has 43 heavy (non-hydrogen) atoms. The fourth-order valence-corrected chi connectivity index (χ4v) is 5.37. The van der Waals surface area contributed by atoms with Crippen molar-refractivity contribution in [1.82, 2.24) is 4.90 Å². The van der Waals surface area contributed by atoms with E-state index in [4.69, 9.17) is 23.7 Å². The summed E-state index contributed by atoms with van der Waals surface area (Å²) in [6.07, 6.45) is 2.08. The van der Waals surface area contributed by atoms with Gasteiger partial charge in [0.25, 0.3) is 0 Å². The first kappa shape index (κ1) is 30.0. The van der Waals surface area contributed by atoms with Gasteiger partial charge in [-0.25, -0.2) is 4.79 Å². The number of fused-ring (bicyclic) bond motifs is 1. The minimum Gasteiger partial charge on any atom is -0.493 e. The minimum absolute atomic E-state index is 0.265. The zero-order valence-corrected chi connectivity index (χ0v) is 26.1. The molecule has 0 atom stereocenters. The molecule has 1 aliphatic rings. The van der Waals surface area contributed by atoms with Crippen LogP contribution in [0.2, 0.25) is 0 Å². The van der Waals surface area contributed by atoms with E-state index in [1.54, 1.807) is 26.0 Å². The maximum absolute atomic E-state index is 13.2. The van der Waals surface area contributed by atoms with Gasteiger partial charge in [0.05, 0.1) is 26.5 Å². The Balaban J connectivity index is 1.56. The van der Waals surface area contributed by atoms with Crippen molar-refractivity contribution >= 4 is 33.8 Å². The number of rotatable bonds is 10. The number of amides is 1. The first-order chi connectivity index (χ1) is 21.0. The van der Waals surface area contributed by atoms with Crippen molar-refractivity contribution in [3.8, 4) is 23.0 Å². The average Bonchev–Trinajstić information content (AvgIpc) is 3.04. The van der Waals surface area contributed by atoms with Gasteiger partial charge in [0.2, 0.25) is 5.75 Å². The summed E-state index contributed by atoms with van der Waals surface area (Å²) in [6.45, 7) is 3.26. The topological polar surface area (TPSA) is 66.5 Å². The SMILES string of the molecule is CCOC(=O)N1CCc2c(cc(OC)c(OCc3ccccc3)c2OC)/C1=C/c1cc(OCc2ccccc2)ccc1Br. The maximum Gasteiger partial charge on any atom is 0.414 e. The Morgan fingerprint density at radius 3 is 2.16 bits per heavy atom. The lowest BCUT2D eigenvalue weighted by Crippen LogP contribution is -2.35. The second-order valence-corrected chi connectivity index (χ2v) is 10.7. The first-order valence-electron chi connectivity index (χ1n) is 14.1. The van der Waals surface area contributed by atoms with E-state index in [-0.39, 0.29) is 6.61 Å². The number of ether oxygens (including phenoxy) is 5. The highest BCUT2D eigenvalue weighted by molar-refractivity contribution is 9.10. The molecule has 0 spiro atoms. The molecule has 1 aliphatic heterocycles. The van der Waals surface area contributed by atoms with Crippen LogP contribution in [0.15, 0.2) is 89.4 Å². The molecule has 0 aliphatic carbocycles. The van der Waals surface area contributed by atoms with Crippen LogP contribution in [0.1, 0.15) is 34.7 Å². The van der Waals surface area contributed by atoms with Crippen molar-refractivity contribution in [2.24, 2.45) is 0 Å². The van der Waals surface area contributed by atoms with Crippen LogP contribution in [0.4, 0.5) is 4.79 Å². The van der Waals surface area contributed by atoms with Gasteiger partial charge in [-0.3, -0.25) is 4.90 Å². The Morgan fingerprint density at radius 2 is 1.53 bits per heavy atom. The maximum atomic E-state index is 13.2. The number of methoxy groups -OCH3 is 2. The van der Waals surface area contributed by atoms with Crippen LogP contribution in [0.5, 0.6) is 23.0 Å². The number of halogens is 1. The molecule has 0 saturated heterocycles. The summed E-state index contributed by atoms with van der Waals surface area (Å²) in [6, 6.07) is 27.6. The van der Waals surface area contributed by atoms with Crippen molar-refractivity contribution in [3.63, 3.8) is 0 Å². The Morgan fingerprint density at radius 1 is 0.860 bits per heavy atom. The lowest BCUT2D eigenvalue weighted by Gasteiger charge is -2.33. The van der Waals surface area contributed by atoms with Crippen molar-refractivity contribution < 1.29 is 28.5 Å². The second kappa shape index (κ2) is 14.2. The largest absolute Gasteiger partial charge is 0.493 e. The van der Waals surface area contributed by atoms with E-state index in [0.29, 0.717) is 54.9 Å². The van der Waals surface area contributed by atoms with Crippen LogP contribution < -0.4 is 18.9 Å². The summed E-state index contributed by atoms with van der Waals surface area (Å²) >= 11 is 3.69. The first-order valence-corrected chi connectivity index (χ1v) is 14.9. The molecule has 222 valence electrons. The molecule has 4 aromatic carbocycles. The summed E-state index contributed by atoms with van der Waals surface area (Å²) in [4.78, 5) is 14.8. The molecule has 0 aromatic heterocycles. The van der Waals surface area contributed by atoms with Crippen LogP contribution in [-0.4, -0.2) is 38.4 Å². The fourth-order valence-electron chi connectivity index (χ4n) is 5.01. The number of hydrogen-bond acceptors (Lipinski definition) is 6. The normalized spacial score (nSPS) is 13.3. The van der Waals surface area contributed by atoms with E-state index < -0.39 is 6.09 Å². The molecule has 5 rings (SSSR count). The summed E-state index contributed by atoms with van der Waals surface area (Å²) in [5, 5.41) is 0. The van der Waals surface area contributed by atoms with Gasteiger partial charge in [0.15, 0.2) is 11.5 Å². The highest BCUT2D eigenvalue weighted by Gasteiger charge is 2.32. The van der Waals surface area contributed by atoms with E-state index in [1.165, 1.54) is 0 Å². The van der Waals surface area contributed by atoms with Gasteiger partial charge in [0.1, 0.15) is 19.0 Å². The van der Waals surface area contributed by atoms with Crippen molar-refractivity contribution in [1.29, 1.82) is 0 Å². The zero-order chi connectivity index (χ0) is 30.2. The predicted molar refractivity (Wildman–Crippen MR) is 171 cm³/mol. The van der Waals surface area contributed by atoms with Crippen LogP contribution in [0, 0.1) is 0 Å². The highest BCUT2D eigenvalue weighted by Crippen LogP contribution is 2.47. The molecule has 4 aromatic rings. The third kappa shape index (κ3) is 6.97. The van der Waals surface area contributed by atoms with Gasteiger partial charge in [-0.05, 0) is 60.4 Å². The molecule has 0 radical (unpaired) electrons. The Hall–Kier alpha value is -4.43. The minimum atomic E-state index is -0.422. The third-order valence-corrected chi connectivity index (χ3v) is 7.83. The van der Waals surface area contributed by atoms with Gasteiger partial charge in [0, 0.05) is 22.1 Å². The Kier molecular flexibility index (Phi) is 9.89. The average molecular weight is 645 g/mol. The number of benzene rings is 4. The van der Waals surface area contributed by atoms with Crippen molar-refractivity contribution in [2.75, 3.05) is 27.4 Å². The van der Waals surface area contributed by atoms with E-state index in [1.807, 2.05) is 91.0 Å². The molecule has 0 N–H and O–H groups in total. The van der Waals surface area contributed by atoms with Crippen LogP contribution in [0.25, 0.3) is 11.8 Å². The Bertz CT molecular complexity index is 1590. The summed E-state index contributed by atoms with van der Waals surface area (Å²) in [5.41, 5.74) is 5.31. The monoisotopic (exact) mass is 643 g/mol. The van der Waals surface area contributed by atoms with E-state index in [0.717, 1.165) is 32.3 Å². The fraction of sp³-hybridized carbons (Fsp3) is 0.229. The van der Waals surface area contributed by atoms with Gasteiger partial charge in [-0.2, -0.15) is 0 Å². The smallest absolute Gasteiger partial charge is 0.414 e. The molecular weight excluding hydrogens is 610 g/mol. The molecule has 7 nitrogen and oxygen atoms in total. The number of hydrogen-bond donors (Lipinski definition) is 0. The number of nitrogens with zero attached hydrogens (tertiary/aromatic N) is 1. The lowest BCUT2D eigenvalue weighted by molar-refractivity contribution is 0.125. The molecule has 0 saturated carbocycles. The summed E-state index contributed by atoms with van der Waals surface area (Å²) < 4.78 is 30.4. The Labute approximate surface area is 260 Å². The second-order valence-electron chi connectivity index (χ2n) is 9.83. The molecule has 0 bridgehead atoms. The van der Waals surface area contributed by atoms with Crippen LogP contribution in [0.3, 0.4) is 0 Å². The van der Waals surface area contributed by atoms with Crippen molar-refractivity contribution in [3.05, 3.63) is 117 Å². The molecule has 1 heterocycles. The van der Waals surface area contributed by atoms with Gasteiger partial charge >= 0.3 is 6.09 Å². The quantitative estimate of drug-likeness (QED) is 0.174. The molecule has 0 fully saturated rings. The van der Waals surface area contributed by atoms with Crippen molar-refractivity contribution in [2.45, 2.75) is 26.6 Å². The van der Waals surface area contributed by atoms with Crippen LogP contribution in [-0.2, 0) is 24.4 Å². The van der Waals surface area contributed by atoms with E-state index in [9.17, 15) is 4.79 Å². The lowest BCUT2D eigenvalue weighted by atomic mass is 9.93. The summed E-state index contributed by atoms with van der Waals surface area (Å²) in [7, 11) is 3.21. The van der Waals surface area contributed by atoms with Gasteiger partial charge in [-0.15, -0.1) is 0 Å². The molecule has 8 heteroatoms.